The zero-order chi connectivity index (χ0) is 16.9. The average molecular weight is 344 g/mol. The van der Waals surface area contributed by atoms with Gasteiger partial charge < -0.3 is 9.88 Å². The zero-order valence-corrected chi connectivity index (χ0v) is 15.1. The van der Waals surface area contributed by atoms with E-state index >= 15 is 0 Å². The smallest absolute Gasteiger partial charge is 0.230 e. The second-order valence-electron chi connectivity index (χ2n) is 6.35. The van der Waals surface area contributed by atoms with Crippen molar-refractivity contribution in [1.82, 2.24) is 20.1 Å². The van der Waals surface area contributed by atoms with Gasteiger partial charge in [-0.2, -0.15) is 0 Å². The minimum atomic E-state index is 0.0524. The van der Waals surface area contributed by atoms with Gasteiger partial charge in [-0.15, -0.1) is 10.2 Å². The SMILES string of the molecule is CC[C@H](C)NC(=O)CSc1nnc(C2CC2)n1Cc1ccccc1. The van der Waals surface area contributed by atoms with Crippen molar-refractivity contribution in [3.63, 3.8) is 0 Å². The van der Waals surface area contributed by atoms with Gasteiger partial charge in [0.2, 0.25) is 5.91 Å². The molecule has 1 aliphatic carbocycles. The van der Waals surface area contributed by atoms with Gasteiger partial charge in [0, 0.05) is 12.0 Å². The molecular formula is C18H24N4OS. The van der Waals surface area contributed by atoms with Crippen LogP contribution in [0, 0.1) is 0 Å². The maximum Gasteiger partial charge on any atom is 0.230 e. The third kappa shape index (κ3) is 4.38. The molecule has 1 aliphatic rings. The largest absolute Gasteiger partial charge is 0.353 e. The van der Waals surface area contributed by atoms with E-state index in [2.05, 4.69) is 39.1 Å². The summed E-state index contributed by atoms with van der Waals surface area (Å²) in [5.74, 6) is 2.02. The number of thioether (sulfide) groups is 1. The molecule has 6 heteroatoms. The molecule has 1 atom stereocenters. The van der Waals surface area contributed by atoms with Crippen molar-refractivity contribution in [2.45, 2.75) is 56.8 Å². The minimum absolute atomic E-state index is 0.0524. The molecule has 1 heterocycles. The van der Waals surface area contributed by atoms with Crippen LogP contribution in [0.25, 0.3) is 0 Å². The zero-order valence-electron chi connectivity index (χ0n) is 14.2. The normalized spacial score (nSPS) is 15.2. The molecule has 1 amide bonds. The summed E-state index contributed by atoms with van der Waals surface area (Å²) in [6, 6.07) is 10.5. The van der Waals surface area contributed by atoms with Crippen molar-refractivity contribution in [2.75, 3.05) is 5.75 Å². The molecule has 1 N–H and O–H groups in total. The van der Waals surface area contributed by atoms with E-state index in [9.17, 15) is 4.79 Å². The standard InChI is InChI=1S/C18H24N4OS/c1-3-13(2)19-16(23)12-24-18-21-20-17(15-9-10-15)22(18)11-14-7-5-4-6-8-14/h4-8,13,15H,3,9-12H2,1-2H3,(H,19,23)/t13-/m0/s1. The second kappa shape index (κ2) is 7.83. The number of aromatic nitrogens is 3. The number of hydrogen-bond donors (Lipinski definition) is 1. The summed E-state index contributed by atoms with van der Waals surface area (Å²) in [6.07, 6.45) is 3.31. The molecule has 0 saturated heterocycles. The van der Waals surface area contributed by atoms with Crippen LogP contribution >= 0.6 is 11.8 Å². The molecule has 1 saturated carbocycles. The van der Waals surface area contributed by atoms with E-state index in [1.54, 1.807) is 0 Å². The van der Waals surface area contributed by atoms with E-state index in [1.165, 1.54) is 30.2 Å². The molecule has 2 aromatic rings. The number of rotatable bonds is 8. The molecule has 24 heavy (non-hydrogen) atoms. The maximum atomic E-state index is 12.0. The molecule has 5 nitrogen and oxygen atoms in total. The molecule has 0 unspecified atom stereocenters. The average Bonchev–Trinajstić information content (AvgIpc) is 3.36. The van der Waals surface area contributed by atoms with Crippen molar-refractivity contribution in [1.29, 1.82) is 0 Å². The van der Waals surface area contributed by atoms with Gasteiger partial charge in [-0.05, 0) is 31.7 Å². The number of nitrogens with zero attached hydrogens (tertiary/aromatic N) is 3. The van der Waals surface area contributed by atoms with Gasteiger partial charge in [0.25, 0.3) is 0 Å². The van der Waals surface area contributed by atoms with E-state index in [4.69, 9.17) is 0 Å². The van der Waals surface area contributed by atoms with Gasteiger partial charge in [0.1, 0.15) is 5.82 Å². The van der Waals surface area contributed by atoms with Crippen molar-refractivity contribution < 1.29 is 4.79 Å². The van der Waals surface area contributed by atoms with E-state index in [1.807, 2.05) is 25.1 Å². The van der Waals surface area contributed by atoms with Crippen LogP contribution in [0.1, 0.15) is 50.4 Å². The van der Waals surface area contributed by atoms with Gasteiger partial charge in [0.05, 0.1) is 12.3 Å². The summed E-state index contributed by atoms with van der Waals surface area (Å²) in [5, 5.41) is 12.6. The van der Waals surface area contributed by atoms with E-state index in [0.717, 1.165) is 23.9 Å². The lowest BCUT2D eigenvalue weighted by Gasteiger charge is -2.12. The number of carbonyl (C=O) groups excluding carboxylic acids is 1. The lowest BCUT2D eigenvalue weighted by molar-refractivity contribution is -0.119. The lowest BCUT2D eigenvalue weighted by Crippen LogP contribution is -2.33. The Bertz CT molecular complexity index is 682. The van der Waals surface area contributed by atoms with Crippen LogP contribution in [0.4, 0.5) is 0 Å². The molecule has 1 aromatic heterocycles. The van der Waals surface area contributed by atoms with Crippen molar-refractivity contribution >= 4 is 17.7 Å². The van der Waals surface area contributed by atoms with E-state index < -0.39 is 0 Å². The predicted molar refractivity (Wildman–Crippen MR) is 96.2 cm³/mol. The van der Waals surface area contributed by atoms with Gasteiger partial charge in [-0.1, -0.05) is 49.0 Å². The third-order valence-electron chi connectivity index (χ3n) is 4.22. The molecule has 0 aliphatic heterocycles. The Morgan fingerprint density at radius 2 is 2.08 bits per heavy atom. The van der Waals surface area contributed by atoms with Crippen LogP contribution in [-0.2, 0) is 11.3 Å². The highest BCUT2D eigenvalue weighted by Crippen LogP contribution is 2.40. The molecular weight excluding hydrogens is 320 g/mol. The van der Waals surface area contributed by atoms with Crippen LogP contribution in [0.15, 0.2) is 35.5 Å². The summed E-state index contributed by atoms with van der Waals surface area (Å²) < 4.78 is 2.17. The first-order valence-corrected chi connectivity index (χ1v) is 9.55. The molecule has 0 spiro atoms. The van der Waals surface area contributed by atoms with Crippen molar-refractivity contribution in [3.8, 4) is 0 Å². The minimum Gasteiger partial charge on any atom is -0.353 e. The summed E-state index contributed by atoms with van der Waals surface area (Å²) >= 11 is 1.47. The van der Waals surface area contributed by atoms with Crippen LogP contribution in [0.3, 0.4) is 0 Å². The third-order valence-corrected chi connectivity index (χ3v) is 5.19. The number of amides is 1. The van der Waals surface area contributed by atoms with Crippen LogP contribution in [-0.4, -0.2) is 32.5 Å². The number of hydrogen-bond acceptors (Lipinski definition) is 4. The molecule has 0 radical (unpaired) electrons. The van der Waals surface area contributed by atoms with E-state index in [-0.39, 0.29) is 11.9 Å². The number of nitrogens with one attached hydrogen (secondary N) is 1. The monoisotopic (exact) mass is 344 g/mol. The maximum absolute atomic E-state index is 12.0. The quantitative estimate of drug-likeness (QED) is 0.747. The summed E-state index contributed by atoms with van der Waals surface area (Å²) in [4.78, 5) is 12.0. The fourth-order valence-electron chi connectivity index (χ4n) is 2.51. The molecule has 3 rings (SSSR count). The Kier molecular flexibility index (Phi) is 5.56. The highest BCUT2D eigenvalue weighted by molar-refractivity contribution is 7.99. The van der Waals surface area contributed by atoms with E-state index in [0.29, 0.717) is 11.7 Å². The Balaban J connectivity index is 1.70. The molecule has 0 bridgehead atoms. The van der Waals surface area contributed by atoms with Crippen LogP contribution < -0.4 is 5.32 Å². The molecule has 1 fully saturated rings. The first-order valence-electron chi connectivity index (χ1n) is 8.56. The van der Waals surface area contributed by atoms with Crippen LogP contribution in [0.5, 0.6) is 0 Å². The highest BCUT2D eigenvalue weighted by Gasteiger charge is 2.30. The Morgan fingerprint density at radius 1 is 1.33 bits per heavy atom. The summed E-state index contributed by atoms with van der Waals surface area (Å²) in [7, 11) is 0. The summed E-state index contributed by atoms with van der Waals surface area (Å²) in [6.45, 7) is 4.84. The first kappa shape index (κ1) is 17.0. The predicted octanol–water partition coefficient (Wildman–Crippen LogP) is 3.21. The highest BCUT2D eigenvalue weighted by atomic mass is 32.2. The van der Waals surface area contributed by atoms with Crippen molar-refractivity contribution in [2.24, 2.45) is 0 Å². The van der Waals surface area contributed by atoms with Gasteiger partial charge >= 0.3 is 0 Å². The molecule has 128 valence electrons. The fraction of sp³-hybridized carbons (Fsp3) is 0.500. The Morgan fingerprint density at radius 3 is 2.75 bits per heavy atom. The topological polar surface area (TPSA) is 59.8 Å². The van der Waals surface area contributed by atoms with Gasteiger partial charge in [-0.25, -0.2) is 0 Å². The Labute approximate surface area is 147 Å². The van der Waals surface area contributed by atoms with Gasteiger partial charge in [0.15, 0.2) is 5.16 Å². The van der Waals surface area contributed by atoms with Gasteiger partial charge in [-0.3, -0.25) is 4.79 Å². The first-order chi connectivity index (χ1) is 11.7. The number of carbonyl (C=O) groups is 1. The summed E-state index contributed by atoms with van der Waals surface area (Å²) in [5.41, 5.74) is 1.23. The Hall–Kier alpha value is -1.82. The fourth-order valence-corrected chi connectivity index (χ4v) is 3.27. The second-order valence-corrected chi connectivity index (χ2v) is 7.29. The van der Waals surface area contributed by atoms with Crippen molar-refractivity contribution in [3.05, 3.63) is 41.7 Å². The molecule has 1 aromatic carbocycles. The van der Waals surface area contributed by atoms with Crippen LogP contribution in [0.2, 0.25) is 0 Å². The number of benzene rings is 1. The lowest BCUT2D eigenvalue weighted by atomic mass is 10.2.